The second kappa shape index (κ2) is 5.67. The summed E-state index contributed by atoms with van der Waals surface area (Å²) in [7, 11) is 2.11. The van der Waals surface area contributed by atoms with Gasteiger partial charge in [0.2, 0.25) is 0 Å². The van der Waals surface area contributed by atoms with Crippen molar-refractivity contribution in [2.75, 3.05) is 20.1 Å². The van der Waals surface area contributed by atoms with Crippen LogP contribution in [-0.2, 0) is 0 Å². The van der Waals surface area contributed by atoms with Gasteiger partial charge >= 0.3 is 0 Å². The molecule has 0 radical (unpaired) electrons. The predicted molar refractivity (Wildman–Crippen MR) is 70.1 cm³/mol. The number of piperidine rings is 1. The summed E-state index contributed by atoms with van der Waals surface area (Å²) in [5.74, 6) is 0.457. The third kappa shape index (κ3) is 3.21. The topological polar surface area (TPSA) is 38.5 Å². The molecule has 0 aromatic heterocycles. The molecule has 100 valence electrons. The van der Waals surface area contributed by atoms with Gasteiger partial charge in [0.25, 0.3) is 0 Å². The standard InChI is InChI=1S/C14H21FN2O/c1-10(16)13-9-11(15)3-4-14(13)18-12-5-7-17(2)8-6-12/h3-4,9-10,12H,5-8,16H2,1-2H3/t10-/m1/s1. The Hall–Kier alpha value is -1.13. The highest BCUT2D eigenvalue weighted by Crippen LogP contribution is 2.27. The Bertz CT molecular complexity index is 401. The van der Waals surface area contributed by atoms with Crippen molar-refractivity contribution in [2.45, 2.75) is 31.9 Å². The number of hydrogen-bond donors (Lipinski definition) is 1. The highest BCUT2D eigenvalue weighted by molar-refractivity contribution is 5.36. The van der Waals surface area contributed by atoms with Gasteiger partial charge in [0.15, 0.2) is 0 Å². The third-order valence-electron chi connectivity index (χ3n) is 3.42. The van der Waals surface area contributed by atoms with E-state index < -0.39 is 0 Å². The maximum Gasteiger partial charge on any atom is 0.124 e. The van der Waals surface area contributed by atoms with Crippen molar-refractivity contribution in [3.63, 3.8) is 0 Å². The molecule has 3 nitrogen and oxygen atoms in total. The molecule has 1 aliphatic heterocycles. The lowest BCUT2D eigenvalue weighted by Gasteiger charge is -2.30. The SMILES string of the molecule is C[C@@H](N)c1cc(F)ccc1OC1CCN(C)CC1. The Balaban J connectivity index is 2.09. The second-order valence-electron chi connectivity index (χ2n) is 5.09. The zero-order chi connectivity index (χ0) is 13.1. The van der Waals surface area contributed by atoms with Crippen molar-refractivity contribution in [2.24, 2.45) is 5.73 Å². The van der Waals surface area contributed by atoms with E-state index in [0.29, 0.717) is 0 Å². The molecule has 0 aliphatic carbocycles. The molecule has 1 aromatic carbocycles. The molecule has 2 rings (SSSR count). The van der Waals surface area contributed by atoms with Crippen molar-refractivity contribution in [3.05, 3.63) is 29.6 Å². The van der Waals surface area contributed by atoms with Crippen LogP contribution < -0.4 is 10.5 Å². The first-order valence-electron chi connectivity index (χ1n) is 6.46. The van der Waals surface area contributed by atoms with Gasteiger partial charge < -0.3 is 15.4 Å². The molecule has 1 aliphatic rings. The van der Waals surface area contributed by atoms with Gasteiger partial charge in [-0.3, -0.25) is 0 Å². The molecule has 0 saturated carbocycles. The van der Waals surface area contributed by atoms with Crippen molar-refractivity contribution < 1.29 is 9.13 Å². The summed E-state index contributed by atoms with van der Waals surface area (Å²) in [6.07, 6.45) is 2.22. The molecular formula is C14H21FN2O. The summed E-state index contributed by atoms with van der Waals surface area (Å²) in [4.78, 5) is 2.29. The zero-order valence-electron chi connectivity index (χ0n) is 11.0. The van der Waals surface area contributed by atoms with E-state index >= 15 is 0 Å². The molecule has 1 saturated heterocycles. The lowest BCUT2D eigenvalue weighted by molar-refractivity contribution is 0.113. The summed E-state index contributed by atoms with van der Waals surface area (Å²) in [6.45, 7) is 3.93. The smallest absolute Gasteiger partial charge is 0.124 e. The van der Waals surface area contributed by atoms with E-state index in [1.54, 1.807) is 6.07 Å². The molecule has 0 amide bonds. The molecule has 1 fully saturated rings. The van der Waals surface area contributed by atoms with Gasteiger partial charge in [-0.2, -0.15) is 0 Å². The number of ether oxygens (including phenoxy) is 1. The Labute approximate surface area is 108 Å². The number of nitrogens with zero attached hydrogens (tertiary/aromatic N) is 1. The summed E-state index contributed by atoms with van der Waals surface area (Å²) in [5, 5.41) is 0. The molecule has 0 bridgehead atoms. The van der Waals surface area contributed by atoms with Crippen LogP contribution in [0, 0.1) is 5.82 Å². The highest BCUT2D eigenvalue weighted by atomic mass is 19.1. The van der Waals surface area contributed by atoms with Crippen LogP contribution in [0.15, 0.2) is 18.2 Å². The van der Waals surface area contributed by atoms with E-state index in [2.05, 4.69) is 11.9 Å². The molecular weight excluding hydrogens is 231 g/mol. The van der Waals surface area contributed by atoms with Crippen LogP contribution in [0.2, 0.25) is 0 Å². The van der Waals surface area contributed by atoms with Crippen LogP contribution >= 0.6 is 0 Å². The highest BCUT2D eigenvalue weighted by Gasteiger charge is 2.20. The average molecular weight is 252 g/mol. The minimum atomic E-state index is -0.266. The van der Waals surface area contributed by atoms with Crippen molar-refractivity contribution in [3.8, 4) is 5.75 Å². The van der Waals surface area contributed by atoms with Gasteiger partial charge in [0.1, 0.15) is 17.7 Å². The molecule has 18 heavy (non-hydrogen) atoms. The molecule has 1 aromatic rings. The molecule has 4 heteroatoms. The Morgan fingerprint density at radius 1 is 1.39 bits per heavy atom. The van der Waals surface area contributed by atoms with Crippen LogP contribution in [-0.4, -0.2) is 31.1 Å². The number of nitrogens with two attached hydrogens (primary N) is 1. The first-order valence-corrected chi connectivity index (χ1v) is 6.46. The summed E-state index contributed by atoms with van der Waals surface area (Å²) >= 11 is 0. The zero-order valence-corrected chi connectivity index (χ0v) is 11.0. The molecule has 1 heterocycles. The molecule has 0 spiro atoms. The third-order valence-corrected chi connectivity index (χ3v) is 3.42. The monoisotopic (exact) mass is 252 g/mol. The first kappa shape index (κ1) is 13.3. The Morgan fingerprint density at radius 3 is 2.67 bits per heavy atom. The van der Waals surface area contributed by atoms with Crippen LogP contribution in [0.1, 0.15) is 31.4 Å². The fourth-order valence-corrected chi connectivity index (χ4v) is 2.26. The number of hydrogen-bond acceptors (Lipinski definition) is 3. The maximum atomic E-state index is 13.2. The summed E-state index contributed by atoms with van der Waals surface area (Å²) in [5.41, 5.74) is 6.60. The molecule has 1 atom stereocenters. The minimum Gasteiger partial charge on any atom is -0.490 e. The molecule has 0 unspecified atom stereocenters. The van der Waals surface area contributed by atoms with Crippen molar-refractivity contribution in [1.29, 1.82) is 0 Å². The fraction of sp³-hybridized carbons (Fsp3) is 0.571. The second-order valence-corrected chi connectivity index (χ2v) is 5.09. The van der Waals surface area contributed by atoms with Gasteiger partial charge in [-0.05, 0) is 45.0 Å². The lowest BCUT2D eigenvalue weighted by atomic mass is 10.1. The predicted octanol–water partition coefficient (Wildman–Crippen LogP) is 2.32. The summed E-state index contributed by atoms with van der Waals surface area (Å²) in [6, 6.07) is 4.36. The van der Waals surface area contributed by atoms with Crippen molar-refractivity contribution >= 4 is 0 Å². The van der Waals surface area contributed by atoms with Gasteiger partial charge in [0, 0.05) is 24.7 Å². The van der Waals surface area contributed by atoms with Crippen molar-refractivity contribution in [1.82, 2.24) is 4.90 Å². The lowest BCUT2D eigenvalue weighted by Crippen LogP contribution is -2.35. The van der Waals surface area contributed by atoms with Crippen LogP contribution in [0.25, 0.3) is 0 Å². The van der Waals surface area contributed by atoms with Crippen LogP contribution in [0.4, 0.5) is 4.39 Å². The average Bonchev–Trinajstić information content (AvgIpc) is 2.34. The van der Waals surface area contributed by atoms with Crippen LogP contribution in [0.3, 0.4) is 0 Å². The maximum absolute atomic E-state index is 13.2. The van der Waals surface area contributed by atoms with Crippen LogP contribution in [0.5, 0.6) is 5.75 Å². The normalized spacial score (nSPS) is 19.8. The van der Waals surface area contributed by atoms with Gasteiger partial charge in [0.05, 0.1) is 0 Å². The summed E-state index contributed by atoms with van der Waals surface area (Å²) < 4.78 is 19.2. The largest absolute Gasteiger partial charge is 0.490 e. The van der Waals surface area contributed by atoms with E-state index in [1.165, 1.54) is 12.1 Å². The van der Waals surface area contributed by atoms with E-state index in [1.807, 2.05) is 6.92 Å². The van der Waals surface area contributed by atoms with E-state index in [0.717, 1.165) is 37.2 Å². The Kier molecular flexibility index (Phi) is 4.19. The van der Waals surface area contributed by atoms with Gasteiger partial charge in [-0.25, -0.2) is 4.39 Å². The molecule has 2 N–H and O–H groups in total. The van der Waals surface area contributed by atoms with Gasteiger partial charge in [-0.15, -0.1) is 0 Å². The quantitative estimate of drug-likeness (QED) is 0.897. The van der Waals surface area contributed by atoms with E-state index in [4.69, 9.17) is 10.5 Å². The first-order chi connectivity index (χ1) is 8.56. The van der Waals surface area contributed by atoms with Gasteiger partial charge in [-0.1, -0.05) is 0 Å². The number of rotatable bonds is 3. The number of likely N-dealkylation sites (tertiary alicyclic amines) is 1. The minimum absolute atomic E-state index is 0.212. The fourth-order valence-electron chi connectivity index (χ4n) is 2.26. The van der Waals surface area contributed by atoms with E-state index in [-0.39, 0.29) is 18.0 Å². The number of halogens is 1. The van der Waals surface area contributed by atoms with E-state index in [9.17, 15) is 4.39 Å². The number of benzene rings is 1. The Morgan fingerprint density at radius 2 is 2.06 bits per heavy atom.